The van der Waals surface area contributed by atoms with Gasteiger partial charge in [-0.1, -0.05) is 23.2 Å². The average Bonchev–Trinajstić information content (AvgIpc) is 3.24. The molecule has 10 nitrogen and oxygen atoms in total. The SMILES string of the molecule is CC(=O)Nc1ccc(C=CC(=O)NCC(=O)N(C)c2ccc(Cl)c(COc3cccn4c(Br)c(C)nc34)c2Cl)cn1.Cl.Cl. The number of amides is 3. The third kappa shape index (κ3) is 8.84. The zero-order valence-electron chi connectivity index (χ0n) is 23.1. The summed E-state index contributed by atoms with van der Waals surface area (Å²) in [6.07, 6.45) is 6.20. The summed E-state index contributed by atoms with van der Waals surface area (Å²) in [7, 11) is 1.55. The molecule has 0 aliphatic rings. The summed E-state index contributed by atoms with van der Waals surface area (Å²) in [5, 5.41) is 5.75. The van der Waals surface area contributed by atoms with E-state index in [0.717, 1.165) is 10.3 Å². The van der Waals surface area contributed by atoms with Crippen molar-refractivity contribution in [1.29, 1.82) is 0 Å². The number of fused-ring (bicyclic) bond motifs is 1. The van der Waals surface area contributed by atoms with E-state index in [2.05, 4.69) is 36.5 Å². The molecule has 228 valence electrons. The van der Waals surface area contributed by atoms with E-state index in [1.165, 1.54) is 24.1 Å². The molecule has 15 heteroatoms. The maximum Gasteiger partial charge on any atom is 0.246 e. The zero-order valence-corrected chi connectivity index (χ0v) is 27.8. The fraction of sp³-hybridized carbons (Fsp3) is 0.179. The van der Waals surface area contributed by atoms with Crippen molar-refractivity contribution >= 4 is 105 Å². The maximum absolute atomic E-state index is 12.9. The lowest BCUT2D eigenvalue weighted by molar-refractivity contribution is -0.122. The van der Waals surface area contributed by atoms with Crippen LogP contribution in [0, 0.1) is 6.92 Å². The Morgan fingerprint density at radius 3 is 2.56 bits per heavy atom. The number of hydrogen-bond acceptors (Lipinski definition) is 6. The Labute approximate surface area is 278 Å². The van der Waals surface area contributed by atoms with Crippen LogP contribution in [0.4, 0.5) is 11.5 Å². The molecule has 0 aliphatic carbocycles. The first-order valence-electron chi connectivity index (χ1n) is 12.2. The summed E-state index contributed by atoms with van der Waals surface area (Å²) in [6.45, 7) is 3.05. The Bertz CT molecular complexity index is 1660. The highest BCUT2D eigenvalue weighted by Crippen LogP contribution is 2.35. The quantitative estimate of drug-likeness (QED) is 0.196. The topological polar surface area (TPSA) is 118 Å². The lowest BCUT2D eigenvalue weighted by Crippen LogP contribution is -2.37. The van der Waals surface area contributed by atoms with Gasteiger partial charge in [-0.05, 0) is 70.9 Å². The number of carbonyl (C=O) groups excluding carboxylic acids is 3. The highest BCUT2D eigenvalue weighted by Gasteiger charge is 2.20. The van der Waals surface area contributed by atoms with Gasteiger partial charge in [0, 0.05) is 43.0 Å². The average molecular weight is 733 g/mol. The van der Waals surface area contributed by atoms with Crippen LogP contribution >= 0.6 is 63.9 Å². The number of aryl methyl sites for hydroxylation is 1. The summed E-state index contributed by atoms with van der Waals surface area (Å²) in [5.41, 5.74) is 3.01. The first-order chi connectivity index (χ1) is 19.5. The van der Waals surface area contributed by atoms with Crippen molar-refractivity contribution in [2.75, 3.05) is 23.8 Å². The fourth-order valence-corrected chi connectivity index (χ4v) is 4.75. The van der Waals surface area contributed by atoms with E-state index < -0.39 is 11.8 Å². The number of imidazole rings is 1. The molecule has 4 aromatic rings. The minimum absolute atomic E-state index is 0. The predicted molar refractivity (Wildman–Crippen MR) is 177 cm³/mol. The van der Waals surface area contributed by atoms with Crippen molar-refractivity contribution in [3.8, 4) is 5.75 Å². The molecular formula is C28H27BrCl4N6O4. The molecule has 3 heterocycles. The Balaban J connectivity index is 0.00000323. The molecule has 3 amide bonds. The van der Waals surface area contributed by atoms with E-state index in [1.807, 2.05) is 23.6 Å². The van der Waals surface area contributed by atoms with Crippen LogP contribution in [0.1, 0.15) is 23.7 Å². The van der Waals surface area contributed by atoms with Gasteiger partial charge in [-0.15, -0.1) is 24.8 Å². The van der Waals surface area contributed by atoms with Crippen LogP contribution in [-0.2, 0) is 21.0 Å². The van der Waals surface area contributed by atoms with Gasteiger partial charge < -0.3 is 20.3 Å². The number of carbonyl (C=O) groups is 3. The standard InChI is InChI=1S/C28H25BrCl2N6O4.2ClH/c1-16-27(29)37-12-4-5-22(28(37)34-16)41-15-19-20(30)8-9-21(26(19)31)36(3)25(40)14-33-24(39)11-7-18-6-10-23(32-13-18)35-17(2)38;;/h4-13H,14-15H2,1-3H3,(H,33,39)(H,32,35,38);2*1H. The van der Waals surface area contributed by atoms with Gasteiger partial charge in [0.1, 0.15) is 17.0 Å². The Hall–Kier alpha value is -3.35. The van der Waals surface area contributed by atoms with Crippen LogP contribution in [0.5, 0.6) is 5.75 Å². The van der Waals surface area contributed by atoms with Crippen molar-refractivity contribution in [3.63, 3.8) is 0 Å². The van der Waals surface area contributed by atoms with Gasteiger partial charge in [-0.25, -0.2) is 9.97 Å². The summed E-state index contributed by atoms with van der Waals surface area (Å²) >= 11 is 16.6. The highest BCUT2D eigenvalue weighted by molar-refractivity contribution is 9.10. The van der Waals surface area contributed by atoms with Crippen LogP contribution in [-0.4, -0.2) is 45.7 Å². The summed E-state index contributed by atoms with van der Waals surface area (Å²) in [6, 6.07) is 10.2. The number of nitrogens with zero attached hydrogens (tertiary/aromatic N) is 4. The number of halogens is 5. The molecule has 0 spiro atoms. The van der Waals surface area contributed by atoms with E-state index in [1.54, 1.807) is 43.5 Å². The minimum Gasteiger partial charge on any atom is -0.485 e. The molecule has 0 fully saturated rings. The number of aromatic nitrogens is 3. The number of ether oxygens (including phenoxy) is 1. The monoisotopic (exact) mass is 730 g/mol. The number of benzene rings is 1. The summed E-state index contributed by atoms with van der Waals surface area (Å²) < 4.78 is 8.72. The molecule has 0 unspecified atom stereocenters. The smallest absolute Gasteiger partial charge is 0.246 e. The van der Waals surface area contributed by atoms with E-state index in [9.17, 15) is 14.4 Å². The Morgan fingerprint density at radius 1 is 1.14 bits per heavy atom. The predicted octanol–water partition coefficient (Wildman–Crippen LogP) is 6.28. The van der Waals surface area contributed by atoms with Crippen LogP contribution in [0.15, 0.2) is 59.5 Å². The van der Waals surface area contributed by atoms with Gasteiger partial charge in [0.25, 0.3) is 0 Å². The molecule has 3 aromatic heterocycles. The maximum atomic E-state index is 12.9. The van der Waals surface area contributed by atoms with E-state index in [0.29, 0.717) is 39.1 Å². The first-order valence-corrected chi connectivity index (χ1v) is 13.8. The molecule has 0 saturated carbocycles. The normalized spacial score (nSPS) is 10.6. The molecule has 4 rings (SSSR count). The van der Waals surface area contributed by atoms with E-state index >= 15 is 0 Å². The third-order valence-corrected chi connectivity index (χ3v) is 7.65. The van der Waals surface area contributed by atoms with Crippen molar-refractivity contribution in [2.45, 2.75) is 20.5 Å². The number of likely N-dealkylation sites (N-methyl/N-ethyl adjacent to an activating group) is 1. The number of hydrogen-bond donors (Lipinski definition) is 2. The second-order valence-corrected chi connectivity index (χ2v) is 10.4. The second-order valence-electron chi connectivity index (χ2n) is 8.86. The second kappa shape index (κ2) is 15.9. The molecule has 0 saturated heterocycles. The van der Waals surface area contributed by atoms with Gasteiger partial charge in [0.05, 0.1) is 22.9 Å². The van der Waals surface area contributed by atoms with Crippen LogP contribution < -0.4 is 20.3 Å². The van der Waals surface area contributed by atoms with Crippen molar-refractivity contribution < 1.29 is 19.1 Å². The largest absolute Gasteiger partial charge is 0.485 e. The molecule has 0 radical (unpaired) electrons. The zero-order chi connectivity index (χ0) is 29.7. The lowest BCUT2D eigenvalue weighted by Gasteiger charge is -2.21. The fourth-order valence-electron chi connectivity index (χ4n) is 3.77. The van der Waals surface area contributed by atoms with Crippen molar-refractivity contribution in [1.82, 2.24) is 19.7 Å². The first kappa shape index (κ1) is 35.8. The molecule has 2 N–H and O–H groups in total. The van der Waals surface area contributed by atoms with E-state index in [4.69, 9.17) is 27.9 Å². The molecule has 0 bridgehead atoms. The number of nitrogens with one attached hydrogen (secondary N) is 2. The van der Waals surface area contributed by atoms with Gasteiger partial charge in [-0.2, -0.15) is 0 Å². The summed E-state index contributed by atoms with van der Waals surface area (Å²) in [5.74, 6) is -0.151. The lowest BCUT2D eigenvalue weighted by atomic mass is 10.2. The van der Waals surface area contributed by atoms with Crippen molar-refractivity contribution in [3.05, 3.63) is 86.3 Å². The molecule has 0 atom stereocenters. The van der Waals surface area contributed by atoms with Gasteiger partial charge >= 0.3 is 0 Å². The molecular weight excluding hydrogens is 706 g/mol. The van der Waals surface area contributed by atoms with Crippen LogP contribution in [0.2, 0.25) is 10.0 Å². The number of pyridine rings is 2. The van der Waals surface area contributed by atoms with Gasteiger partial charge in [-0.3, -0.25) is 18.8 Å². The Morgan fingerprint density at radius 2 is 1.88 bits per heavy atom. The third-order valence-electron chi connectivity index (χ3n) is 5.92. The van der Waals surface area contributed by atoms with E-state index in [-0.39, 0.29) is 48.9 Å². The highest BCUT2D eigenvalue weighted by atomic mass is 79.9. The summed E-state index contributed by atoms with van der Waals surface area (Å²) in [4.78, 5) is 46.2. The minimum atomic E-state index is -0.469. The molecule has 43 heavy (non-hydrogen) atoms. The van der Waals surface area contributed by atoms with Crippen LogP contribution in [0.3, 0.4) is 0 Å². The Kier molecular flexibility index (Phi) is 13.3. The van der Waals surface area contributed by atoms with Crippen LogP contribution in [0.25, 0.3) is 11.7 Å². The number of anilines is 2. The molecule has 1 aromatic carbocycles. The molecule has 0 aliphatic heterocycles. The number of rotatable bonds is 9. The van der Waals surface area contributed by atoms with Gasteiger partial charge in [0.2, 0.25) is 17.7 Å². The van der Waals surface area contributed by atoms with Crippen molar-refractivity contribution in [2.24, 2.45) is 0 Å². The van der Waals surface area contributed by atoms with Gasteiger partial charge in [0.15, 0.2) is 11.4 Å².